The maximum Gasteiger partial charge on any atom is 0.145 e. The van der Waals surface area contributed by atoms with Gasteiger partial charge in [-0.15, -0.1) is 0 Å². The van der Waals surface area contributed by atoms with E-state index >= 15 is 0 Å². The fourth-order valence-electron chi connectivity index (χ4n) is 2.48. The number of hydrogen-bond donors (Lipinski definition) is 1. The summed E-state index contributed by atoms with van der Waals surface area (Å²) in [6.45, 7) is 2.30. The van der Waals surface area contributed by atoms with Crippen molar-refractivity contribution in [2.24, 2.45) is 9.98 Å². The van der Waals surface area contributed by atoms with Gasteiger partial charge in [-0.05, 0) is 19.1 Å². The number of fused-ring (bicyclic) bond motifs is 1. The van der Waals surface area contributed by atoms with Crippen molar-refractivity contribution >= 4 is 11.5 Å². The summed E-state index contributed by atoms with van der Waals surface area (Å²) in [5.41, 5.74) is 2.85. The Kier molecular flexibility index (Phi) is 3.54. The Morgan fingerprint density at radius 2 is 1.90 bits per heavy atom. The average molecular weight is 279 g/mol. The number of aliphatic imine (C=N–C) groups is 1. The van der Waals surface area contributed by atoms with Crippen LogP contribution in [0, 0.1) is 6.92 Å². The molecule has 0 saturated carbocycles. The van der Waals surface area contributed by atoms with E-state index in [9.17, 15) is 5.21 Å². The van der Waals surface area contributed by atoms with Crippen LogP contribution < -0.4 is 10.6 Å². The monoisotopic (exact) mass is 279 g/mol. The Labute approximate surface area is 123 Å². The lowest BCUT2D eigenvalue weighted by molar-refractivity contribution is -0.0119. The van der Waals surface area contributed by atoms with Gasteiger partial charge >= 0.3 is 0 Å². The molecule has 21 heavy (non-hydrogen) atoms. The molecule has 0 unspecified atom stereocenters. The van der Waals surface area contributed by atoms with Crippen molar-refractivity contribution in [2.75, 3.05) is 13.6 Å². The third kappa shape index (κ3) is 2.58. The second kappa shape index (κ2) is 5.50. The van der Waals surface area contributed by atoms with Crippen molar-refractivity contribution in [1.82, 2.24) is 5.06 Å². The number of hydrogen-bond acceptors (Lipinski definition) is 3. The van der Waals surface area contributed by atoms with Gasteiger partial charge in [-0.3, -0.25) is 10.2 Å². The molecular formula is C17H17N3O. The molecule has 2 aromatic carbocycles. The Morgan fingerprint density at radius 3 is 2.62 bits per heavy atom. The summed E-state index contributed by atoms with van der Waals surface area (Å²) in [7, 11) is 1.69. The third-order valence-electron chi connectivity index (χ3n) is 3.51. The molecule has 0 amide bonds. The van der Waals surface area contributed by atoms with Crippen molar-refractivity contribution in [3.05, 3.63) is 70.2 Å². The first-order valence-corrected chi connectivity index (χ1v) is 6.86. The summed E-state index contributed by atoms with van der Waals surface area (Å²) in [6.07, 6.45) is 0. The Bertz CT molecular complexity index is 810. The minimum atomic E-state index is 0.272. The lowest BCUT2D eigenvalue weighted by Crippen LogP contribution is -2.32. The summed E-state index contributed by atoms with van der Waals surface area (Å²) in [4.78, 5) is 8.69. The number of rotatable bonds is 1. The first-order valence-electron chi connectivity index (χ1n) is 6.86. The number of amidine groups is 1. The molecule has 4 heteroatoms. The van der Waals surface area contributed by atoms with Gasteiger partial charge in [0.15, 0.2) is 0 Å². The van der Waals surface area contributed by atoms with Crippen molar-refractivity contribution in [2.45, 2.75) is 6.92 Å². The molecular weight excluding hydrogens is 262 g/mol. The van der Waals surface area contributed by atoms with Crippen LogP contribution in [0.15, 0.2) is 58.5 Å². The van der Waals surface area contributed by atoms with E-state index in [1.807, 2.05) is 55.5 Å². The highest BCUT2D eigenvalue weighted by Gasteiger charge is 2.16. The van der Waals surface area contributed by atoms with Gasteiger partial charge in [0.1, 0.15) is 12.4 Å². The van der Waals surface area contributed by atoms with Gasteiger partial charge in [0.25, 0.3) is 0 Å². The first-order chi connectivity index (χ1) is 10.2. The van der Waals surface area contributed by atoms with Crippen LogP contribution >= 0.6 is 0 Å². The largest absolute Gasteiger partial charge is 0.288 e. The second-order valence-electron chi connectivity index (χ2n) is 5.04. The van der Waals surface area contributed by atoms with E-state index in [1.165, 1.54) is 5.06 Å². The van der Waals surface area contributed by atoms with Crippen LogP contribution in [-0.2, 0) is 0 Å². The maximum absolute atomic E-state index is 10.5. The van der Waals surface area contributed by atoms with Crippen molar-refractivity contribution in [3.8, 4) is 0 Å². The standard InChI is InChI=1S/C17H17N3O/c1-12-8-9-15-14(10-12)17(13-6-4-3-5-7-13)20(21)11-16(18-2)19-15/h3-10,21H,11H2,1-2H3. The van der Waals surface area contributed by atoms with Crippen LogP contribution in [-0.4, -0.2) is 29.7 Å². The highest BCUT2D eigenvalue weighted by Crippen LogP contribution is 2.15. The van der Waals surface area contributed by atoms with Gasteiger partial charge in [0.05, 0.1) is 11.1 Å². The van der Waals surface area contributed by atoms with E-state index in [-0.39, 0.29) is 6.54 Å². The van der Waals surface area contributed by atoms with Crippen LogP contribution in [0.5, 0.6) is 0 Å². The zero-order chi connectivity index (χ0) is 14.8. The molecule has 0 radical (unpaired) electrons. The molecule has 0 aliphatic carbocycles. The van der Waals surface area contributed by atoms with Gasteiger partial charge in [-0.2, -0.15) is 0 Å². The van der Waals surface area contributed by atoms with Crippen LogP contribution in [0.2, 0.25) is 0 Å². The van der Waals surface area contributed by atoms with E-state index in [1.54, 1.807) is 7.05 Å². The quantitative estimate of drug-likeness (QED) is 0.860. The maximum atomic E-state index is 10.5. The molecule has 0 atom stereocenters. The van der Waals surface area contributed by atoms with E-state index in [0.717, 1.165) is 27.4 Å². The summed E-state index contributed by atoms with van der Waals surface area (Å²) < 4.78 is 0. The Balaban J connectivity index is 2.42. The number of nitrogens with zero attached hydrogens (tertiary/aromatic N) is 3. The summed E-state index contributed by atoms with van der Waals surface area (Å²) in [5.74, 6) is 0.605. The second-order valence-corrected chi connectivity index (χ2v) is 5.04. The SMILES string of the molecule is CN=C1CN(O)C(c2ccccc2)=c2cc(C)ccc2=N1. The summed E-state index contributed by atoms with van der Waals surface area (Å²) >= 11 is 0. The highest BCUT2D eigenvalue weighted by molar-refractivity contribution is 5.87. The molecule has 0 fully saturated rings. The molecule has 1 N–H and O–H groups in total. The average Bonchev–Trinajstić information content (AvgIpc) is 2.63. The molecule has 1 heterocycles. The van der Waals surface area contributed by atoms with E-state index < -0.39 is 0 Å². The normalized spacial score (nSPS) is 16.4. The molecule has 0 saturated heterocycles. The lowest BCUT2D eigenvalue weighted by atomic mass is 10.1. The number of aryl methyl sites for hydroxylation is 1. The molecule has 2 aromatic rings. The van der Waals surface area contributed by atoms with Crippen molar-refractivity contribution in [1.29, 1.82) is 0 Å². The van der Waals surface area contributed by atoms with Crippen LogP contribution in [0.1, 0.15) is 11.1 Å². The highest BCUT2D eigenvalue weighted by atomic mass is 16.5. The van der Waals surface area contributed by atoms with E-state index in [2.05, 4.69) is 9.98 Å². The van der Waals surface area contributed by atoms with Gasteiger partial charge in [-0.25, -0.2) is 10.1 Å². The molecule has 0 aromatic heterocycles. The predicted octanol–water partition coefficient (Wildman–Crippen LogP) is 1.50. The zero-order valence-corrected chi connectivity index (χ0v) is 12.1. The number of benzene rings is 2. The molecule has 106 valence electrons. The van der Waals surface area contributed by atoms with Gasteiger partial charge in [0, 0.05) is 17.8 Å². The molecule has 0 spiro atoms. The van der Waals surface area contributed by atoms with Crippen LogP contribution in [0.3, 0.4) is 0 Å². The molecule has 1 aliphatic heterocycles. The fourth-order valence-corrected chi connectivity index (χ4v) is 2.48. The topological polar surface area (TPSA) is 48.2 Å². The van der Waals surface area contributed by atoms with Crippen LogP contribution in [0.4, 0.5) is 0 Å². The smallest absolute Gasteiger partial charge is 0.145 e. The third-order valence-corrected chi connectivity index (χ3v) is 3.51. The minimum absolute atomic E-state index is 0.272. The van der Waals surface area contributed by atoms with E-state index in [0.29, 0.717) is 5.84 Å². The van der Waals surface area contributed by atoms with Crippen LogP contribution in [0.25, 0.3) is 5.70 Å². The molecule has 3 rings (SSSR count). The minimum Gasteiger partial charge on any atom is -0.288 e. The van der Waals surface area contributed by atoms with E-state index in [4.69, 9.17) is 0 Å². The Morgan fingerprint density at radius 1 is 1.14 bits per heavy atom. The summed E-state index contributed by atoms with van der Waals surface area (Å²) in [5, 5.41) is 13.5. The lowest BCUT2D eigenvalue weighted by Gasteiger charge is -2.19. The van der Waals surface area contributed by atoms with Gasteiger partial charge in [0.2, 0.25) is 0 Å². The van der Waals surface area contributed by atoms with Crippen molar-refractivity contribution < 1.29 is 5.21 Å². The molecule has 4 nitrogen and oxygen atoms in total. The number of hydroxylamine groups is 2. The first kappa shape index (κ1) is 13.5. The fraction of sp³-hybridized carbons (Fsp3) is 0.176. The van der Waals surface area contributed by atoms with Crippen molar-refractivity contribution in [3.63, 3.8) is 0 Å². The Hall–Kier alpha value is -2.46. The van der Waals surface area contributed by atoms with Gasteiger partial charge in [-0.1, -0.05) is 42.0 Å². The van der Waals surface area contributed by atoms with Gasteiger partial charge < -0.3 is 0 Å². The zero-order valence-electron chi connectivity index (χ0n) is 12.1. The predicted molar refractivity (Wildman–Crippen MR) is 82.8 cm³/mol. The molecule has 0 bridgehead atoms. The molecule has 1 aliphatic rings. The summed E-state index contributed by atoms with van der Waals surface area (Å²) in [6, 6.07) is 15.9.